The minimum atomic E-state index is -1.55. The van der Waals surface area contributed by atoms with Gasteiger partial charge in [0.25, 0.3) is 11.8 Å². The Hall–Kier alpha value is -2.15. The number of carboxylic acid groups (broad SMARTS) is 1. The lowest BCUT2D eigenvalue weighted by Gasteiger charge is -2.32. The number of non-ortho nitro benzene ring substituents is 1. The topological polar surface area (TPSA) is 102 Å². The highest BCUT2D eigenvalue weighted by Crippen LogP contribution is 2.30. The van der Waals surface area contributed by atoms with Gasteiger partial charge >= 0.3 is 0 Å². The molecule has 2 unspecified atom stereocenters. The van der Waals surface area contributed by atoms with Crippen LogP contribution < -0.4 is 5.11 Å². The smallest absolute Gasteiger partial charge is 0.269 e. The molecule has 1 aliphatic heterocycles. The van der Waals surface area contributed by atoms with E-state index in [1.54, 1.807) is 12.1 Å². The fraction of sp³-hybridized carbons (Fsp3) is 0.417. The molecular weight excluding hydrogens is 254 g/mol. The van der Waals surface area contributed by atoms with Gasteiger partial charge in [-0.05, 0) is 30.5 Å². The van der Waals surface area contributed by atoms with Crippen LogP contribution in [0.1, 0.15) is 24.5 Å². The lowest BCUT2D eigenvalue weighted by Crippen LogP contribution is -2.33. The first-order chi connectivity index (χ1) is 9.06. The van der Waals surface area contributed by atoms with Crippen molar-refractivity contribution in [1.29, 1.82) is 0 Å². The fourth-order valence-corrected chi connectivity index (χ4v) is 2.05. The average molecular weight is 266 g/mol. The maximum atomic E-state index is 10.5. The van der Waals surface area contributed by atoms with Crippen molar-refractivity contribution in [2.45, 2.75) is 25.0 Å². The monoisotopic (exact) mass is 266 g/mol. The highest BCUT2D eigenvalue weighted by Gasteiger charge is 2.23. The number of hydrogen-bond acceptors (Lipinski definition) is 6. The first kappa shape index (κ1) is 13.3. The van der Waals surface area contributed by atoms with Crippen molar-refractivity contribution in [2.24, 2.45) is 0 Å². The molecule has 1 aromatic carbocycles. The zero-order valence-corrected chi connectivity index (χ0v) is 9.98. The van der Waals surface area contributed by atoms with E-state index >= 15 is 0 Å². The summed E-state index contributed by atoms with van der Waals surface area (Å²) in [5.74, 6) is 0. The lowest BCUT2D eigenvalue weighted by molar-refractivity contribution is -0.384. The SMILES string of the molecule is O=C([O-])OC1CCOC(c2ccc([N+](=O)[O-])cc2)C1. The molecule has 1 fully saturated rings. The Kier molecular flexibility index (Phi) is 3.96. The van der Waals surface area contributed by atoms with Crippen LogP contribution in [-0.2, 0) is 9.47 Å². The Bertz CT molecular complexity index is 472. The van der Waals surface area contributed by atoms with Gasteiger partial charge in [0.1, 0.15) is 0 Å². The van der Waals surface area contributed by atoms with Crippen molar-refractivity contribution in [3.05, 3.63) is 39.9 Å². The number of nitrogens with zero attached hydrogens (tertiary/aromatic N) is 1. The second-order valence-electron chi connectivity index (χ2n) is 4.22. The van der Waals surface area contributed by atoms with Crippen LogP contribution in [0.3, 0.4) is 0 Å². The summed E-state index contributed by atoms with van der Waals surface area (Å²) in [5.41, 5.74) is 0.763. The molecular formula is C12H12NO6-. The molecule has 1 heterocycles. The largest absolute Gasteiger partial charge is 0.546 e. The summed E-state index contributed by atoms with van der Waals surface area (Å²) in [6.07, 6.45) is -1.46. The molecule has 1 aromatic rings. The number of carbonyl (C=O) groups is 1. The third-order valence-corrected chi connectivity index (χ3v) is 2.97. The van der Waals surface area contributed by atoms with Crippen LogP contribution in [0.15, 0.2) is 24.3 Å². The van der Waals surface area contributed by atoms with Crippen LogP contribution in [0.4, 0.5) is 10.5 Å². The minimum Gasteiger partial charge on any atom is -0.546 e. The van der Waals surface area contributed by atoms with E-state index in [1.165, 1.54) is 12.1 Å². The molecule has 7 nitrogen and oxygen atoms in total. The highest BCUT2D eigenvalue weighted by molar-refractivity contribution is 5.54. The van der Waals surface area contributed by atoms with E-state index in [4.69, 9.17) is 4.74 Å². The molecule has 19 heavy (non-hydrogen) atoms. The zero-order valence-electron chi connectivity index (χ0n) is 9.98. The Balaban J connectivity index is 2.04. The minimum absolute atomic E-state index is 0.00194. The number of benzene rings is 1. The van der Waals surface area contributed by atoms with Crippen LogP contribution >= 0.6 is 0 Å². The average Bonchev–Trinajstić information content (AvgIpc) is 2.38. The first-order valence-electron chi connectivity index (χ1n) is 5.80. The molecule has 0 N–H and O–H groups in total. The van der Waals surface area contributed by atoms with Crippen LogP contribution in [0, 0.1) is 10.1 Å². The molecule has 0 spiro atoms. The fourth-order valence-electron chi connectivity index (χ4n) is 2.05. The summed E-state index contributed by atoms with van der Waals surface area (Å²) in [5, 5.41) is 20.9. The normalized spacial score (nSPS) is 22.7. The lowest BCUT2D eigenvalue weighted by atomic mass is 9.99. The summed E-state index contributed by atoms with van der Waals surface area (Å²) in [6, 6.07) is 5.98. The first-order valence-corrected chi connectivity index (χ1v) is 5.80. The number of carbonyl (C=O) groups excluding carboxylic acids is 1. The van der Waals surface area contributed by atoms with Gasteiger partial charge in [0.05, 0.1) is 11.0 Å². The van der Waals surface area contributed by atoms with E-state index in [1.807, 2.05) is 0 Å². The molecule has 0 radical (unpaired) electrons. The molecule has 0 bridgehead atoms. The molecule has 102 valence electrons. The maximum Gasteiger partial charge on any atom is 0.269 e. The van der Waals surface area contributed by atoms with Crippen molar-refractivity contribution >= 4 is 11.8 Å². The van der Waals surface area contributed by atoms with E-state index in [0.717, 1.165) is 5.56 Å². The molecule has 2 rings (SSSR count). The molecule has 0 aliphatic carbocycles. The third kappa shape index (κ3) is 3.41. The molecule has 7 heteroatoms. The summed E-state index contributed by atoms with van der Waals surface area (Å²) < 4.78 is 10.1. The predicted octanol–water partition coefficient (Wildman–Crippen LogP) is 1.17. The van der Waals surface area contributed by atoms with E-state index < -0.39 is 17.2 Å². The quantitative estimate of drug-likeness (QED) is 0.462. The van der Waals surface area contributed by atoms with Crippen molar-refractivity contribution in [3.63, 3.8) is 0 Å². The van der Waals surface area contributed by atoms with Crippen molar-refractivity contribution < 1.29 is 24.3 Å². The van der Waals surface area contributed by atoms with Gasteiger partial charge in [-0.2, -0.15) is 0 Å². The number of rotatable bonds is 3. The molecule has 0 aromatic heterocycles. The number of nitro benzene ring substituents is 1. The number of nitro groups is 1. The number of hydrogen-bond donors (Lipinski definition) is 0. The van der Waals surface area contributed by atoms with Crippen molar-refractivity contribution in [2.75, 3.05) is 6.61 Å². The third-order valence-electron chi connectivity index (χ3n) is 2.97. The summed E-state index contributed by atoms with van der Waals surface area (Å²) >= 11 is 0. The van der Waals surface area contributed by atoms with Crippen molar-refractivity contribution in [3.8, 4) is 0 Å². The van der Waals surface area contributed by atoms with Gasteiger partial charge in [0, 0.05) is 24.8 Å². The van der Waals surface area contributed by atoms with Gasteiger partial charge in [0.15, 0.2) is 0 Å². The molecule has 2 atom stereocenters. The Morgan fingerprint density at radius 2 is 2.05 bits per heavy atom. The second-order valence-corrected chi connectivity index (χ2v) is 4.22. The predicted molar refractivity (Wildman–Crippen MR) is 61.3 cm³/mol. The number of ether oxygens (including phenoxy) is 2. The van der Waals surface area contributed by atoms with Crippen LogP contribution in [-0.4, -0.2) is 23.8 Å². The van der Waals surface area contributed by atoms with Gasteiger partial charge in [-0.1, -0.05) is 0 Å². The maximum absolute atomic E-state index is 10.5. The standard InChI is InChI=1S/C12H13NO6/c14-12(15)19-10-5-6-18-11(7-10)8-1-3-9(4-2-8)13(16)17/h1-4,10-11H,5-7H2,(H,14,15)/p-1. The molecule has 0 amide bonds. The highest BCUT2D eigenvalue weighted by atomic mass is 16.7. The summed E-state index contributed by atoms with van der Waals surface area (Å²) in [6.45, 7) is 0.375. The molecule has 1 saturated heterocycles. The van der Waals surface area contributed by atoms with Gasteiger partial charge in [-0.25, -0.2) is 0 Å². The van der Waals surface area contributed by atoms with Gasteiger partial charge < -0.3 is 19.4 Å². The van der Waals surface area contributed by atoms with Gasteiger partial charge in [0.2, 0.25) is 0 Å². The van der Waals surface area contributed by atoms with Gasteiger partial charge in [-0.15, -0.1) is 0 Å². The summed E-state index contributed by atoms with van der Waals surface area (Å²) in [4.78, 5) is 20.4. The Labute approximate surface area is 108 Å². The van der Waals surface area contributed by atoms with Crippen molar-refractivity contribution in [1.82, 2.24) is 0 Å². The molecule has 1 aliphatic rings. The van der Waals surface area contributed by atoms with Gasteiger partial charge in [-0.3, -0.25) is 10.1 Å². The van der Waals surface area contributed by atoms with Crippen LogP contribution in [0.25, 0.3) is 0 Å². The zero-order chi connectivity index (χ0) is 13.8. The van der Waals surface area contributed by atoms with E-state index in [2.05, 4.69) is 4.74 Å². The summed E-state index contributed by atoms with van der Waals surface area (Å²) in [7, 11) is 0. The van der Waals surface area contributed by atoms with E-state index in [0.29, 0.717) is 19.4 Å². The van der Waals surface area contributed by atoms with Crippen LogP contribution in [0.2, 0.25) is 0 Å². The molecule has 0 saturated carbocycles. The Morgan fingerprint density at radius 1 is 1.37 bits per heavy atom. The van der Waals surface area contributed by atoms with E-state index in [-0.39, 0.29) is 11.8 Å². The van der Waals surface area contributed by atoms with E-state index in [9.17, 15) is 20.0 Å². The second kappa shape index (κ2) is 5.66. The Morgan fingerprint density at radius 3 is 2.63 bits per heavy atom. The van der Waals surface area contributed by atoms with Crippen LogP contribution in [0.5, 0.6) is 0 Å².